The van der Waals surface area contributed by atoms with Crippen LogP contribution in [0.2, 0.25) is 0 Å². The average molecular weight is 195 g/mol. The van der Waals surface area contributed by atoms with Gasteiger partial charge in [0.15, 0.2) is 0 Å². The normalized spacial score (nSPS) is 12.5. The van der Waals surface area contributed by atoms with E-state index >= 15 is 0 Å². The van der Waals surface area contributed by atoms with Crippen molar-refractivity contribution in [3.05, 3.63) is 17.8 Å². The van der Waals surface area contributed by atoms with Crippen LogP contribution < -0.4 is 5.32 Å². The monoisotopic (exact) mass is 195 g/mol. The Morgan fingerprint density at radius 2 is 2.21 bits per heavy atom. The molecule has 0 radical (unpaired) electrons. The Hall–Kier alpha value is -1.16. The average Bonchev–Trinajstić information content (AvgIpc) is 2.20. The number of hydrogen-bond donors (Lipinski definition) is 1. The van der Waals surface area contributed by atoms with E-state index in [1.807, 2.05) is 19.1 Å². The summed E-state index contributed by atoms with van der Waals surface area (Å²) in [7, 11) is 1.70. The third-order valence-electron chi connectivity index (χ3n) is 2.01. The van der Waals surface area contributed by atoms with E-state index in [0.717, 1.165) is 17.9 Å². The Labute approximate surface area is 84.7 Å². The summed E-state index contributed by atoms with van der Waals surface area (Å²) in [6.45, 7) is 4.72. The Morgan fingerprint density at radius 3 is 2.71 bits per heavy atom. The first-order chi connectivity index (χ1) is 6.76. The zero-order valence-electron chi connectivity index (χ0n) is 8.95. The summed E-state index contributed by atoms with van der Waals surface area (Å²) in [5.41, 5.74) is 0.926. The standard InChI is InChI=1S/C10H17N3O/c1-4-9(7-14-3)11-10-6-5-8(2)12-13-10/h5-6,9H,4,7H2,1-3H3,(H,11,13). The maximum Gasteiger partial charge on any atom is 0.148 e. The highest BCUT2D eigenvalue weighted by Crippen LogP contribution is 2.05. The molecule has 4 nitrogen and oxygen atoms in total. The Balaban J connectivity index is 2.53. The van der Waals surface area contributed by atoms with Crippen LogP contribution in [0.4, 0.5) is 5.82 Å². The molecule has 0 saturated heterocycles. The number of nitrogens with zero attached hydrogens (tertiary/aromatic N) is 2. The van der Waals surface area contributed by atoms with Gasteiger partial charge in [0, 0.05) is 7.11 Å². The third kappa shape index (κ3) is 3.30. The Kier molecular flexibility index (Phi) is 4.32. The topological polar surface area (TPSA) is 47.0 Å². The van der Waals surface area contributed by atoms with Gasteiger partial charge in [0.25, 0.3) is 0 Å². The molecule has 1 atom stereocenters. The molecule has 0 saturated carbocycles. The fraction of sp³-hybridized carbons (Fsp3) is 0.600. The maximum atomic E-state index is 5.08. The maximum absolute atomic E-state index is 5.08. The first-order valence-electron chi connectivity index (χ1n) is 4.82. The molecule has 78 valence electrons. The van der Waals surface area contributed by atoms with E-state index in [0.29, 0.717) is 12.6 Å². The van der Waals surface area contributed by atoms with Crippen LogP contribution >= 0.6 is 0 Å². The summed E-state index contributed by atoms with van der Waals surface area (Å²) in [5, 5.41) is 11.3. The van der Waals surface area contributed by atoms with Gasteiger partial charge in [-0.25, -0.2) is 0 Å². The summed E-state index contributed by atoms with van der Waals surface area (Å²) in [6.07, 6.45) is 1.00. The molecule has 0 aliphatic carbocycles. The summed E-state index contributed by atoms with van der Waals surface area (Å²) in [6, 6.07) is 4.17. The van der Waals surface area contributed by atoms with Gasteiger partial charge in [0.1, 0.15) is 5.82 Å². The van der Waals surface area contributed by atoms with Gasteiger partial charge < -0.3 is 10.1 Å². The quantitative estimate of drug-likeness (QED) is 0.775. The summed E-state index contributed by atoms with van der Waals surface area (Å²) in [4.78, 5) is 0. The number of nitrogens with one attached hydrogen (secondary N) is 1. The number of methoxy groups -OCH3 is 1. The lowest BCUT2D eigenvalue weighted by Crippen LogP contribution is -2.24. The lowest BCUT2D eigenvalue weighted by Gasteiger charge is -2.15. The molecule has 0 fully saturated rings. The number of aryl methyl sites for hydroxylation is 1. The summed E-state index contributed by atoms with van der Waals surface area (Å²) in [5.74, 6) is 0.805. The molecule has 1 N–H and O–H groups in total. The van der Waals surface area contributed by atoms with Gasteiger partial charge in [-0.2, -0.15) is 5.10 Å². The number of anilines is 1. The molecule has 1 rings (SSSR count). The van der Waals surface area contributed by atoms with Crippen molar-refractivity contribution in [2.45, 2.75) is 26.3 Å². The van der Waals surface area contributed by atoms with Crippen molar-refractivity contribution in [3.63, 3.8) is 0 Å². The minimum absolute atomic E-state index is 0.303. The third-order valence-corrected chi connectivity index (χ3v) is 2.01. The molecule has 1 unspecified atom stereocenters. The van der Waals surface area contributed by atoms with E-state index in [4.69, 9.17) is 4.74 Å². The van der Waals surface area contributed by atoms with Crippen molar-refractivity contribution >= 4 is 5.82 Å². The number of hydrogen-bond acceptors (Lipinski definition) is 4. The van der Waals surface area contributed by atoms with Crippen molar-refractivity contribution in [1.82, 2.24) is 10.2 Å². The molecule has 0 aliphatic rings. The number of ether oxygens (including phenoxy) is 1. The predicted molar refractivity (Wildman–Crippen MR) is 56.3 cm³/mol. The zero-order chi connectivity index (χ0) is 10.4. The van der Waals surface area contributed by atoms with Crippen LogP contribution in [-0.2, 0) is 4.74 Å². The van der Waals surface area contributed by atoms with Crippen molar-refractivity contribution in [3.8, 4) is 0 Å². The second kappa shape index (κ2) is 5.54. The number of rotatable bonds is 5. The van der Waals surface area contributed by atoms with Gasteiger partial charge in [-0.1, -0.05) is 6.92 Å². The molecule has 0 amide bonds. The molecule has 4 heteroatoms. The number of aromatic nitrogens is 2. The first kappa shape index (κ1) is 10.9. The van der Waals surface area contributed by atoms with E-state index in [1.165, 1.54) is 0 Å². The van der Waals surface area contributed by atoms with E-state index < -0.39 is 0 Å². The van der Waals surface area contributed by atoms with Gasteiger partial charge in [-0.15, -0.1) is 5.10 Å². The van der Waals surface area contributed by atoms with E-state index in [2.05, 4.69) is 22.4 Å². The molecule has 0 spiro atoms. The lowest BCUT2D eigenvalue weighted by atomic mass is 10.2. The predicted octanol–water partition coefficient (Wildman–Crippen LogP) is 1.62. The highest BCUT2D eigenvalue weighted by molar-refractivity contribution is 5.33. The van der Waals surface area contributed by atoms with Crippen molar-refractivity contribution in [2.75, 3.05) is 19.0 Å². The molecule has 14 heavy (non-hydrogen) atoms. The van der Waals surface area contributed by atoms with Crippen LogP contribution in [0.15, 0.2) is 12.1 Å². The van der Waals surface area contributed by atoms with E-state index in [1.54, 1.807) is 7.11 Å². The molecule has 0 aliphatic heterocycles. The van der Waals surface area contributed by atoms with Crippen LogP contribution in [0, 0.1) is 6.92 Å². The molecule has 1 heterocycles. The second-order valence-electron chi connectivity index (χ2n) is 3.26. The van der Waals surface area contributed by atoms with Crippen LogP contribution in [0.5, 0.6) is 0 Å². The van der Waals surface area contributed by atoms with Crippen molar-refractivity contribution < 1.29 is 4.74 Å². The van der Waals surface area contributed by atoms with Crippen molar-refractivity contribution in [1.29, 1.82) is 0 Å². The highest BCUT2D eigenvalue weighted by Gasteiger charge is 2.05. The van der Waals surface area contributed by atoms with E-state index in [-0.39, 0.29) is 0 Å². The molecular weight excluding hydrogens is 178 g/mol. The smallest absolute Gasteiger partial charge is 0.148 e. The molecule has 0 bridgehead atoms. The van der Waals surface area contributed by atoms with Crippen LogP contribution in [0.25, 0.3) is 0 Å². The second-order valence-corrected chi connectivity index (χ2v) is 3.26. The minimum atomic E-state index is 0.303. The van der Waals surface area contributed by atoms with Crippen LogP contribution in [-0.4, -0.2) is 30.0 Å². The van der Waals surface area contributed by atoms with Crippen molar-refractivity contribution in [2.24, 2.45) is 0 Å². The van der Waals surface area contributed by atoms with Crippen LogP contribution in [0.1, 0.15) is 19.0 Å². The molecule has 0 aromatic carbocycles. The summed E-state index contributed by atoms with van der Waals surface area (Å²) < 4.78 is 5.08. The Bertz CT molecular complexity index is 261. The fourth-order valence-corrected chi connectivity index (χ4v) is 1.15. The SMILES string of the molecule is CCC(COC)Nc1ccc(C)nn1. The largest absolute Gasteiger partial charge is 0.383 e. The lowest BCUT2D eigenvalue weighted by molar-refractivity contribution is 0.184. The van der Waals surface area contributed by atoms with Gasteiger partial charge in [-0.3, -0.25) is 0 Å². The van der Waals surface area contributed by atoms with Gasteiger partial charge in [0.2, 0.25) is 0 Å². The molecule has 1 aromatic heterocycles. The summed E-state index contributed by atoms with van der Waals surface area (Å²) >= 11 is 0. The van der Waals surface area contributed by atoms with Crippen LogP contribution in [0.3, 0.4) is 0 Å². The molecular formula is C10H17N3O. The first-order valence-corrected chi connectivity index (χ1v) is 4.82. The van der Waals surface area contributed by atoms with Gasteiger partial charge >= 0.3 is 0 Å². The fourth-order valence-electron chi connectivity index (χ4n) is 1.15. The highest BCUT2D eigenvalue weighted by atomic mass is 16.5. The van der Waals surface area contributed by atoms with E-state index in [9.17, 15) is 0 Å². The van der Waals surface area contributed by atoms with Gasteiger partial charge in [0.05, 0.1) is 18.3 Å². The minimum Gasteiger partial charge on any atom is -0.383 e. The molecule has 1 aromatic rings. The Morgan fingerprint density at radius 1 is 1.43 bits per heavy atom. The zero-order valence-corrected chi connectivity index (χ0v) is 8.95. The van der Waals surface area contributed by atoms with Gasteiger partial charge in [-0.05, 0) is 25.5 Å².